The van der Waals surface area contributed by atoms with Gasteiger partial charge in [-0.15, -0.1) is 10.2 Å². The normalized spacial score (nSPS) is 10.4. The van der Waals surface area contributed by atoms with Gasteiger partial charge in [-0.1, -0.05) is 11.6 Å². The first-order valence-corrected chi connectivity index (χ1v) is 5.54. The summed E-state index contributed by atoms with van der Waals surface area (Å²) in [4.78, 5) is 0. The van der Waals surface area contributed by atoms with Crippen LogP contribution >= 0.6 is 11.6 Å². The fourth-order valence-corrected chi connectivity index (χ4v) is 1.78. The van der Waals surface area contributed by atoms with Gasteiger partial charge in [-0.3, -0.25) is 0 Å². The van der Waals surface area contributed by atoms with E-state index in [1.165, 1.54) is 0 Å². The lowest BCUT2D eigenvalue weighted by molar-refractivity contribution is 0.936. The second-order valence-electron chi connectivity index (χ2n) is 3.64. The molecule has 0 saturated carbocycles. The molecule has 0 fully saturated rings. The van der Waals surface area contributed by atoms with Crippen LogP contribution < -0.4 is 0 Å². The van der Waals surface area contributed by atoms with Crippen molar-refractivity contribution in [3.63, 3.8) is 0 Å². The van der Waals surface area contributed by atoms with Crippen LogP contribution in [0.1, 0.15) is 5.56 Å². The van der Waals surface area contributed by atoms with Crippen molar-refractivity contribution >= 4 is 17.2 Å². The lowest BCUT2D eigenvalue weighted by Crippen LogP contribution is -1.94. The highest BCUT2D eigenvalue weighted by molar-refractivity contribution is 6.29. The van der Waals surface area contributed by atoms with Gasteiger partial charge in [0, 0.05) is 5.56 Å². The average Bonchev–Trinajstić information content (AvgIpc) is 2.82. The summed E-state index contributed by atoms with van der Waals surface area (Å²) in [6.07, 6.45) is 0. The van der Waals surface area contributed by atoms with E-state index in [4.69, 9.17) is 16.9 Å². The minimum Gasteiger partial charge on any atom is -0.192 e. The highest BCUT2D eigenvalue weighted by Gasteiger charge is 2.09. The Kier molecular flexibility index (Phi) is 2.43. The van der Waals surface area contributed by atoms with Crippen LogP contribution in [-0.2, 0) is 0 Å². The Morgan fingerprint density at radius 1 is 1.06 bits per heavy atom. The SMILES string of the molecule is N#Cc1ccc(-c2nnc3ccc(Cl)nn23)cc1. The molecule has 2 heterocycles. The van der Waals surface area contributed by atoms with Crippen LogP contribution in [0, 0.1) is 11.3 Å². The third-order valence-electron chi connectivity index (χ3n) is 2.50. The van der Waals surface area contributed by atoms with Crippen molar-refractivity contribution in [2.24, 2.45) is 0 Å². The molecule has 0 N–H and O–H groups in total. The van der Waals surface area contributed by atoms with E-state index in [0.717, 1.165) is 5.56 Å². The molecule has 0 radical (unpaired) electrons. The monoisotopic (exact) mass is 255 g/mol. The van der Waals surface area contributed by atoms with Gasteiger partial charge in [-0.25, -0.2) is 0 Å². The van der Waals surface area contributed by atoms with Crippen molar-refractivity contribution in [1.82, 2.24) is 19.8 Å². The Hall–Kier alpha value is -2.45. The molecule has 0 spiro atoms. The fourth-order valence-electron chi connectivity index (χ4n) is 1.64. The third kappa shape index (κ3) is 1.69. The maximum absolute atomic E-state index is 8.75. The number of nitriles is 1. The van der Waals surface area contributed by atoms with Crippen LogP contribution in [0.5, 0.6) is 0 Å². The summed E-state index contributed by atoms with van der Waals surface area (Å²) in [6.45, 7) is 0. The minimum absolute atomic E-state index is 0.372. The maximum Gasteiger partial charge on any atom is 0.185 e. The molecule has 0 aliphatic heterocycles. The van der Waals surface area contributed by atoms with Crippen molar-refractivity contribution in [3.05, 3.63) is 47.1 Å². The van der Waals surface area contributed by atoms with E-state index in [1.807, 2.05) is 0 Å². The summed E-state index contributed by atoms with van der Waals surface area (Å²) in [5.74, 6) is 0.594. The van der Waals surface area contributed by atoms with Crippen molar-refractivity contribution in [1.29, 1.82) is 5.26 Å². The van der Waals surface area contributed by atoms with E-state index in [1.54, 1.807) is 40.9 Å². The fraction of sp³-hybridized carbons (Fsp3) is 0. The van der Waals surface area contributed by atoms with E-state index in [9.17, 15) is 0 Å². The molecule has 0 bridgehead atoms. The van der Waals surface area contributed by atoms with Gasteiger partial charge in [-0.05, 0) is 36.4 Å². The zero-order valence-corrected chi connectivity index (χ0v) is 9.83. The Morgan fingerprint density at radius 3 is 2.56 bits per heavy atom. The molecule has 18 heavy (non-hydrogen) atoms. The summed E-state index contributed by atoms with van der Waals surface area (Å²) in [5.41, 5.74) is 2.05. The Bertz CT molecular complexity index is 754. The number of rotatable bonds is 1. The summed E-state index contributed by atoms with van der Waals surface area (Å²) in [6, 6.07) is 12.5. The molecular formula is C12H6ClN5. The smallest absolute Gasteiger partial charge is 0.185 e. The van der Waals surface area contributed by atoms with E-state index in [0.29, 0.717) is 22.2 Å². The minimum atomic E-state index is 0.372. The molecule has 0 aliphatic carbocycles. The summed E-state index contributed by atoms with van der Waals surface area (Å²) in [7, 11) is 0. The molecule has 0 saturated heterocycles. The zero-order valence-electron chi connectivity index (χ0n) is 9.08. The first-order valence-electron chi connectivity index (χ1n) is 5.16. The molecule has 0 unspecified atom stereocenters. The molecular weight excluding hydrogens is 250 g/mol. The number of aromatic nitrogens is 4. The molecule has 0 aliphatic rings. The van der Waals surface area contributed by atoms with Crippen LogP contribution in [0.2, 0.25) is 5.15 Å². The maximum atomic E-state index is 8.75. The summed E-state index contributed by atoms with van der Waals surface area (Å²) < 4.78 is 1.57. The van der Waals surface area contributed by atoms with Gasteiger partial charge < -0.3 is 0 Å². The van der Waals surface area contributed by atoms with Crippen molar-refractivity contribution in [2.75, 3.05) is 0 Å². The molecule has 2 aromatic heterocycles. The molecule has 3 aromatic rings. The Morgan fingerprint density at radius 2 is 1.83 bits per heavy atom. The van der Waals surface area contributed by atoms with Gasteiger partial charge in [0.1, 0.15) is 5.15 Å². The Balaban J connectivity index is 2.19. The molecule has 6 heteroatoms. The second-order valence-corrected chi connectivity index (χ2v) is 4.03. The van der Waals surface area contributed by atoms with Gasteiger partial charge in [0.2, 0.25) is 0 Å². The number of nitrogens with zero attached hydrogens (tertiary/aromatic N) is 5. The van der Waals surface area contributed by atoms with Crippen LogP contribution in [0.4, 0.5) is 0 Å². The first kappa shape index (κ1) is 10.7. The van der Waals surface area contributed by atoms with E-state index in [-0.39, 0.29) is 0 Å². The molecule has 0 amide bonds. The van der Waals surface area contributed by atoms with Crippen molar-refractivity contribution in [3.8, 4) is 17.5 Å². The highest BCUT2D eigenvalue weighted by atomic mass is 35.5. The van der Waals surface area contributed by atoms with Crippen LogP contribution in [0.25, 0.3) is 17.0 Å². The number of benzene rings is 1. The molecule has 3 rings (SSSR count). The average molecular weight is 256 g/mol. The van der Waals surface area contributed by atoms with E-state index < -0.39 is 0 Å². The molecule has 0 atom stereocenters. The lowest BCUT2D eigenvalue weighted by Gasteiger charge is -1.99. The highest BCUT2D eigenvalue weighted by Crippen LogP contribution is 2.18. The van der Waals surface area contributed by atoms with Gasteiger partial charge >= 0.3 is 0 Å². The number of hydrogen-bond acceptors (Lipinski definition) is 4. The van der Waals surface area contributed by atoms with Crippen molar-refractivity contribution in [2.45, 2.75) is 0 Å². The molecule has 86 valence electrons. The van der Waals surface area contributed by atoms with E-state index >= 15 is 0 Å². The predicted octanol–water partition coefficient (Wildman–Crippen LogP) is 2.32. The predicted molar refractivity (Wildman–Crippen MR) is 65.9 cm³/mol. The topological polar surface area (TPSA) is 66.9 Å². The summed E-state index contributed by atoms with van der Waals surface area (Å²) >= 11 is 5.85. The zero-order chi connectivity index (χ0) is 12.5. The van der Waals surface area contributed by atoms with E-state index in [2.05, 4.69) is 21.4 Å². The Labute approximate surface area is 107 Å². The number of hydrogen-bond donors (Lipinski definition) is 0. The lowest BCUT2D eigenvalue weighted by atomic mass is 10.1. The van der Waals surface area contributed by atoms with Gasteiger partial charge in [0.05, 0.1) is 11.6 Å². The molecule has 1 aromatic carbocycles. The number of fused-ring (bicyclic) bond motifs is 1. The largest absolute Gasteiger partial charge is 0.192 e. The van der Waals surface area contributed by atoms with Crippen LogP contribution in [0.15, 0.2) is 36.4 Å². The van der Waals surface area contributed by atoms with Gasteiger partial charge in [0.15, 0.2) is 11.5 Å². The van der Waals surface area contributed by atoms with Crippen LogP contribution in [-0.4, -0.2) is 19.8 Å². The third-order valence-corrected chi connectivity index (χ3v) is 2.70. The van der Waals surface area contributed by atoms with Crippen molar-refractivity contribution < 1.29 is 0 Å². The van der Waals surface area contributed by atoms with Crippen LogP contribution in [0.3, 0.4) is 0 Å². The quantitative estimate of drug-likeness (QED) is 0.669. The first-order chi connectivity index (χ1) is 8.78. The second kappa shape index (κ2) is 4.09. The molecule has 5 nitrogen and oxygen atoms in total. The number of halogens is 1. The van der Waals surface area contributed by atoms with Gasteiger partial charge in [0.25, 0.3) is 0 Å². The van der Waals surface area contributed by atoms with Gasteiger partial charge in [-0.2, -0.15) is 14.9 Å². The standard InChI is InChI=1S/C12H6ClN5/c13-10-5-6-11-15-16-12(18(11)17-10)9-3-1-8(7-14)2-4-9/h1-6H. The summed E-state index contributed by atoms with van der Waals surface area (Å²) in [5, 5.41) is 21.3.